The SMILES string of the molecule is CC[NH+](CC)CCSc1nc2c([nH]c3ccccc32)c(=O)n1CCOC. The highest BCUT2D eigenvalue weighted by molar-refractivity contribution is 7.99. The number of ether oxygens (including phenoxy) is 1. The number of aromatic nitrogens is 3. The molecule has 2 heterocycles. The molecule has 6 nitrogen and oxygen atoms in total. The van der Waals surface area contributed by atoms with Crippen LogP contribution in [-0.2, 0) is 11.3 Å². The molecule has 3 rings (SSSR count). The largest absolute Gasteiger partial charge is 0.383 e. The fraction of sp³-hybridized carbons (Fsp3) is 0.474. The van der Waals surface area contributed by atoms with Crippen molar-refractivity contribution < 1.29 is 9.64 Å². The second-order valence-electron chi connectivity index (χ2n) is 6.29. The van der Waals surface area contributed by atoms with Crippen LogP contribution >= 0.6 is 11.8 Å². The molecule has 0 amide bonds. The molecule has 0 spiro atoms. The molecule has 0 radical (unpaired) electrons. The van der Waals surface area contributed by atoms with Gasteiger partial charge < -0.3 is 14.6 Å². The third-order valence-electron chi connectivity index (χ3n) is 4.78. The van der Waals surface area contributed by atoms with E-state index in [0.29, 0.717) is 18.7 Å². The van der Waals surface area contributed by atoms with Gasteiger partial charge in [0.1, 0.15) is 11.0 Å². The Kier molecular flexibility index (Phi) is 6.34. The molecule has 140 valence electrons. The Balaban J connectivity index is 2.00. The van der Waals surface area contributed by atoms with Crippen LogP contribution in [0.25, 0.3) is 21.9 Å². The smallest absolute Gasteiger partial charge is 0.278 e. The zero-order valence-corrected chi connectivity index (χ0v) is 16.5. The number of thioether (sulfide) groups is 1. The van der Waals surface area contributed by atoms with Crippen LogP contribution in [0.2, 0.25) is 0 Å². The summed E-state index contributed by atoms with van der Waals surface area (Å²) in [6, 6.07) is 7.93. The molecule has 7 heteroatoms. The minimum Gasteiger partial charge on any atom is -0.383 e. The molecule has 0 saturated heterocycles. The topological polar surface area (TPSA) is 64.4 Å². The highest BCUT2D eigenvalue weighted by Crippen LogP contribution is 2.24. The standard InChI is InChI=1S/C19H26N4O2S/c1-4-22(5-2)11-13-26-19-21-16-14-8-6-7-9-15(14)20-17(16)18(24)23(19)10-12-25-3/h6-9,20H,4-5,10-13H2,1-3H3/p+1. The summed E-state index contributed by atoms with van der Waals surface area (Å²) in [7, 11) is 1.65. The van der Waals surface area contributed by atoms with Crippen molar-refractivity contribution in [1.82, 2.24) is 14.5 Å². The van der Waals surface area contributed by atoms with Gasteiger partial charge in [0.15, 0.2) is 5.16 Å². The molecule has 0 aliphatic carbocycles. The van der Waals surface area contributed by atoms with E-state index in [4.69, 9.17) is 9.72 Å². The summed E-state index contributed by atoms with van der Waals surface area (Å²) in [5.74, 6) is 0.935. The third-order valence-corrected chi connectivity index (χ3v) is 5.76. The average Bonchev–Trinajstić information content (AvgIpc) is 3.04. The van der Waals surface area contributed by atoms with Crippen LogP contribution in [0.3, 0.4) is 0 Å². The first-order valence-electron chi connectivity index (χ1n) is 9.16. The van der Waals surface area contributed by atoms with E-state index in [2.05, 4.69) is 18.8 Å². The summed E-state index contributed by atoms with van der Waals surface area (Å²) in [5, 5.41) is 1.77. The summed E-state index contributed by atoms with van der Waals surface area (Å²) in [4.78, 5) is 22.7. The number of H-pyrrole nitrogens is 1. The number of nitrogens with zero attached hydrogens (tertiary/aromatic N) is 2. The molecule has 26 heavy (non-hydrogen) atoms. The number of benzene rings is 1. The average molecular weight is 376 g/mol. The van der Waals surface area contributed by atoms with Crippen molar-refractivity contribution in [1.29, 1.82) is 0 Å². The van der Waals surface area contributed by atoms with Gasteiger partial charge in [-0.15, -0.1) is 0 Å². The number of aromatic amines is 1. The zero-order chi connectivity index (χ0) is 18.5. The van der Waals surface area contributed by atoms with Gasteiger partial charge in [-0.2, -0.15) is 0 Å². The summed E-state index contributed by atoms with van der Waals surface area (Å²) < 4.78 is 6.93. The van der Waals surface area contributed by atoms with Gasteiger partial charge in [-0.1, -0.05) is 30.0 Å². The number of methoxy groups -OCH3 is 1. The van der Waals surface area contributed by atoms with Crippen molar-refractivity contribution in [3.8, 4) is 0 Å². The van der Waals surface area contributed by atoms with Crippen molar-refractivity contribution >= 4 is 33.7 Å². The lowest BCUT2D eigenvalue weighted by molar-refractivity contribution is -0.893. The lowest BCUT2D eigenvalue weighted by Gasteiger charge is -2.16. The maximum absolute atomic E-state index is 13.1. The van der Waals surface area contributed by atoms with E-state index < -0.39 is 0 Å². The van der Waals surface area contributed by atoms with Crippen LogP contribution in [0, 0.1) is 0 Å². The molecule has 2 aromatic heterocycles. The van der Waals surface area contributed by atoms with Gasteiger partial charge in [0.05, 0.1) is 38.5 Å². The lowest BCUT2D eigenvalue weighted by atomic mass is 10.2. The maximum Gasteiger partial charge on any atom is 0.278 e. The number of quaternary nitrogens is 1. The predicted molar refractivity (Wildman–Crippen MR) is 107 cm³/mol. The molecule has 0 atom stereocenters. The first-order valence-corrected chi connectivity index (χ1v) is 10.1. The number of nitrogens with one attached hydrogen (secondary N) is 2. The van der Waals surface area contributed by atoms with Crippen molar-refractivity contribution in [2.75, 3.05) is 39.1 Å². The first kappa shape index (κ1) is 18.9. The van der Waals surface area contributed by atoms with Crippen molar-refractivity contribution in [2.24, 2.45) is 0 Å². The number of rotatable bonds is 9. The normalized spacial score (nSPS) is 11.8. The first-order chi connectivity index (χ1) is 12.7. The van der Waals surface area contributed by atoms with E-state index in [-0.39, 0.29) is 5.56 Å². The van der Waals surface area contributed by atoms with Gasteiger partial charge in [0.25, 0.3) is 5.56 Å². The molecule has 0 saturated carbocycles. The number of hydrogen-bond acceptors (Lipinski definition) is 4. The number of hydrogen-bond donors (Lipinski definition) is 2. The molecule has 0 aliphatic heterocycles. The van der Waals surface area contributed by atoms with Gasteiger partial charge in [0.2, 0.25) is 0 Å². The summed E-state index contributed by atoms with van der Waals surface area (Å²) >= 11 is 1.66. The van der Waals surface area contributed by atoms with E-state index in [9.17, 15) is 4.79 Å². The Labute approximate surface area is 157 Å². The molecular formula is C19H27N4O2S+. The van der Waals surface area contributed by atoms with E-state index in [0.717, 1.165) is 47.0 Å². The van der Waals surface area contributed by atoms with E-state index in [1.165, 1.54) is 0 Å². The lowest BCUT2D eigenvalue weighted by Crippen LogP contribution is -3.11. The Hall–Kier alpha value is -1.83. The summed E-state index contributed by atoms with van der Waals surface area (Å²) in [5.41, 5.74) is 2.25. The van der Waals surface area contributed by atoms with E-state index in [1.807, 2.05) is 24.3 Å². The number of para-hydroxylation sites is 1. The van der Waals surface area contributed by atoms with Crippen molar-refractivity contribution in [2.45, 2.75) is 25.5 Å². The number of fused-ring (bicyclic) bond motifs is 3. The predicted octanol–water partition coefficient (Wildman–Crippen LogP) is 1.54. The van der Waals surface area contributed by atoms with Gasteiger partial charge in [-0.25, -0.2) is 4.98 Å². The minimum atomic E-state index is -0.0269. The molecule has 0 bridgehead atoms. The summed E-state index contributed by atoms with van der Waals surface area (Å²) in [6.07, 6.45) is 0. The van der Waals surface area contributed by atoms with Crippen LogP contribution < -0.4 is 10.5 Å². The van der Waals surface area contributed by atoms with Gasteiger partial charge in [0, 0.05) is 18.0 Å². The van der Waals surface area contributed by atoms with E-state index >= 15 is 0 Å². The highest BCUT2D eigenvalue weighted by Gasteiger charge is 2.16. The molecule has 0 unspecified atom stereocenters. The second-order valence-corrected chi connectivity index (χ2v) is 7.36. The molecule has 0 aliphatic rings. The van der Waals surface area contributed by atoms with E-state index in [1.54, 1.807) is 28.3 Å². The van der Waals surface area contributed by atoms with Crippen molar-refractivity contribution in [3.05, 3.63) is 34.6 Å². The summed E-state index contributed by atoms with van der Waals surface area (Å²) in [6.45, 7) is 8.69. The molecule has 1 aromatic carbocycles. The van der Waals surface area contributed by atoms with Crippen LogP contribution in [0.1, 0.15) is 13.8 Å². The highest BCUT2D eigenvalue weighted by atomic mass is 32.2. The van der Waals surface area contributed by atoms with Crippen LogP contribution in [-0.4, -0.2) is 53.6 Å². The van der Waals surface area contributed by atoms with Gasteiger partial charge in [-0.3, -0.25) is 9.36 Å². The van der Waals surface area contributed by atoms with Gasteiger partial charge >= 0.3 is 0 Å². The molecule has 2 N–H and O–H groups in total. The van der Waals surface area contributed by atoms with Crippen molar-refractivity contribution in [3.63, 3.8) is 0 Å². The molecule has 0 fully saturated rings. The zero-order valence-electron chi connectivity index (χ0n) is 15.7. The monoisotopic (exact) mass is 375 g/mol. The Morgan fingerprint density at radius 2 is 2.04 bits per heavy atom. The maximum atomic E-state index is 13.1. The second kappa shape index (κ2) is 8.70. The Morgan fingerprint density at radius 3 is 2.77 bits per heavy atom. The van der Waals surface area contributed by atoms with Crippen LogP contribution in [0.15, 0.2) is 34.2 Å². The molecular weight excluding hydrogens is 348 g/mol. The van der Waals surface area contributed by atoms with Gasteiger partial charge in [-0.05, 0) is 19.9 Å². The Bertz CT molecular complexity index is 930. The molecule has 3 aromatic rings. The van der Waals surface area contributed by atoms with Crippen LogP contribution in [0.5, 0.6) is 0 Å². The fourth-order valence-corrected chi connectivity index (χ4v) is 4.22. The quantitative estimate of drug-likeness (QED) is 0.440. The fourth-order valence-electron chi connectivity index (χ4n) is 3.16. The minimum absolute atomic E-state index is 0.0269. The Morgan fingerprint density at radius 1 is 1.27 bits per heavy atom. The third kappa shape index (κ3) is 3.79. The van der Waals surface area contributed by atoms with Crippen LogP contribution in [0.4, 0.5) is 0 Å².